The lowest BCUT2D eigenvalue weighted by atomic mass is 9.72. The summed E-state index contributed by atoms with van der Waals surface area (Å²) in [6.45, 7) is 5.18. The predicted octanol–water partition coefficient (Wildman–Crippen LogP) is 1.38. The summed E-state index contributed by atoms with van der Waals surface area (Å²) in [5.74, 6) is 0.492. The fourth-order valence-corrected chi connectivity index (χ4v) is 4.33. The van der Waals surface area contributed by atoms with Gasteiger partial charge in [0.05, 0.1) is 19.1 Å². The molecule has 21 heavy (non-hydrogen) atoms. The molecule has 0 radical (unpaired) electrons. The first-order valence-electron chi connectivity index (χ1n) is 8.39. The SMILES string of the molecule is CCCNC(=O)C1CC2CC3(CCC2N(C)C1)OCCO3. The van der Waals surface area contributed by atoms with E-state index in [4.69, 9.17) is 9.47 Å². The van der Waals surface area contributed by atoms with Crippen LogP contribution in [0.25, 0.3) is 0 Å². The predicted molar refractivity (Wildman–Crippen MR) is 79.8 cm³/mol. The Bertz CT molecular complexity index is 382. The van der Waals surface area contributed by atoms with Gasteiger partial charge in [-0.25, -0.2) is 0 Å². The van der Waals surface area contributed by atoms with Gasteiger partial charge in [-0.2, -0.15) is 0 Å². The molecule has 0 aromatic heterocycles. The molecule has 3 unspecified atom stereocenters. The van der Waals surface area contributed by atoms with Crippen molar-refractivity contribution in [2.24, 2.45) is 11.8 Å². The van der Waals surface area contributed by atoms with Crippen molar-refractivity contribution < 1.29 is 14.3 Å². The van der Waals surface area contributed by atoms with Gasteiger partial charge in [0, 0.05) is 32.0 Å². The van der Waals surface area contributed by atoms with Crippen LogP contribution in [0.4, 0.5) is 0 Å². The first-order chi connectivity index (χ1) is 10.1. The molecule has 2 saturated heterocycles. The molecule has 3 atom stereocenters. The van der Waals surface area contributed by atoms with Crippen LogP contribution in [0.15, 0.2) is 0 Å². The summed E-state index contributed by atoms with van der Waals surface area (Å²) in [6.07, 6.45) is 5.01. The number of piperidine rings is 1. The summed E-state index contributed by atoms with van der Waals surface area (Å²) in [5, 5.41) is 3.05. The second-order valence-electron chi connectivity index (χ2n) is 6.84. The van der Waals surface area contributed by atoms with Crippen LogP contribution < -0.4 is 5.32 Å². The van der Waals surface area contributed by atoms with Crippen molar-refractivity contribution in [2.45, 2.75) is 50.9 Å². The zero-order chi connectivity index (χ0) is 14.9. The molecule has 120 valence electrons. The highest BCUT2D eigenvalue weighted by atomic mass is 16.7. The number of nitrogens with one attached hydrogen (secondary N) is 1. The van der Waals surface area contributed by atoms with Crippen LogP contribution in [0.5, 0.6) is 0 Å². The van der Waals surface area contributed by atoms with E-state index >= 15 is 0 Å². The standard InChI is InChI=1S/C16H28N2O3/c1-3-6-17-15(19)13-9-12-10-16(20-7-8-21-16)5-4-14(12)18(2)11-13/h12-14H,3-11H2,1-2H3,(H,17,19). The maximum Gasteiger partial charge on any atom is 0.224 e. The molecule has 1 aliphatic carbocycles. The lowest BCUT2D eigenvalue weighted by molar-refractivity contribution is -0.202. The Labute approximate surface area is 127 Å². The number of amides is 1. The molecule has 1 N–H and O–H groups in total. The molecule has 3 aliphatic rings. The van der Waals surface area contributed by atoms with Crippen LogP contribution in [0, 0.1) is 11.8 Å². The number of hydrogen-bond donors (Lipinski definition) is 1. The van der Waals surface area contributed by atoms with Gasteiger partial charge in [-0.05, 0) is 32.2 Å². The summed E-state index contributed by atoms with van der Waals surface area (Å²) in [5.41, 5.74) is 0. The number of nitrogens with zero attached hydrogens (tertiary/aromatic N) is 1. The van der Waals surface area contributed by atoms with Crippen molar-refractivity contribution in [1.82, 2.24) is 10.2 Å². The van der Waals surface area contributed by atoms with Crippen molar-refractivity contribution in [3.05, 3.63) is 0 Å². The van der Waals surface area contributed by atoms with E-state index in [1.54, 1.807) is 0 Å². The average Bonchev–Trinajstić information content (AvgIpc) is 2.92. The lowest BCUT2D eigenvalue weighted by Gasteiger charge is -2.49. The van der Waals surface area contributed by atoms with Crippen LogP contribution >= 0.6 is 0 Å². The highest BCUT2D eigenvalue weighted by Crippen LogP contribution is 2.44. The van der Waals surface area contributed by atoms with Gasteiger partial charge >= 0.3 is 0 Å². The van der Waals surface area contributed by atoms with Crippen molar-refractivity contribution in [3.8, 4) is 0 Å². The maximum absolute atomic E-state index is 12.3. The third kappa shape index (κ3) is 3.10. The van der Waals surface area contributed by atoms with E-state index in [9.17, 15) is 4.79 Å². The molecule has 5 heteroatoms. The first-order valence-corrected chi connectivity index (χ1v) is 8.39. The van der Waals surface area contributed by atoms with Crippen LogP contribution in [0.2, 0.25) is 0 Å². The topological polar surface area (TPSA) is 50.8 Å². The molecule has 1 amide bonds. The van der Waals surface area contributed by atoms with E-state index in [1.165, 1.54) is 0 Å². The molecule has 0 aromatic carbocycles. The zero-order valence-corrected chi connectivity index (χ0v) is 13.3. The Kier molecular flexibility index (Phi) is 4.52. The maximum atomic E-state index is 12.3. The van der Waals surface area contributed by atoms with Gasteiger partial charge in [-0.1, -0.05) is 6.92 Å². The fraction of sp³-hybridized carbons (Fsp3) is 0.938. The van der Waals surface area contributed by atoms with Gasteiger partial charge in [0.15, 0.2) is 5.79 Å². The number of rotatable bonds is 3. The monoisotopic (exact) mass is 296 g/mol. The molecule has 2 heterocycles. The van der Waals surface area contributed by atoms with Crippen LogP contribution in [0.3, 0.4) is 0 Å². The Balaban J connectivity index is 1.64. The Morgan fingerprint density at radius 2 is 2.14 bits per heavy atom. The molecule has 0 bridgehead atoms. The van der Waals surface area contributed by atoms with Gasteiger partial charge < -0.3 is 19.7 Å². The number of ether oxygens (including phenoxy) is 2. The summed E-state index contributed by atoms with van der Waals surface area (Å²) < 4.78 is 11.8. The smallest absolute Gasteiger partial charge is 0.224 e. The summed E-state index contributed by atoms with van der Waals surface area (Å²) in [7, 11) is 2.16. The van der Waals surface area contributed by atoms with E-state index in [0.29, 0.717) is 25.2 Å². The summed E-state index contributed by atoms with van der Waals surface area (Å²) in [4.78, 5) is 14.7. The Hall–Kier alpha value is -0.650. The van der Waals surface area contributed by atoms with Crippen molar-refractivity contribution in [1.29, 1.82) is 0 Å². The van der Waals surface area contributed by atoms with E-state index in [0.717, 1.165) is 45.2 Å². The number of hydrogen-bond acceptors (Lipinski definition) is 4. The zero-order valence-electron chi connectivity index (χ0n) is 13.3. The largest absolute Gasteiger partial charge is 0.356 e. The number of carbonyl (C=O) groups excluding carboxylic acids is 1. The summed E-state index contributed by atoms with van der Waals surface area (Å²) in [6, 6.07) is 0.582. The third-order valence-electron chi connectivity index (χ3n) is 5.33. The molecule has 2 aliphatic heterocycles. The molecular formula is C16H28N2O3. The second kappa shape index (κ2) is 6.23. The minimum absolute atomic E-state index is 0.111. The Morgan fingerprint density at radius 1 is 1.38 bits per heavy atom. The number of fused-ring (bicyclic) bond motifs is 1. The van der Waals surface area contributed by atoms with Crippen LogP contribution in [-0.2, 0) is 14.3 Å². The van der Waals surface area contributed by atoms with E-state index in [2.05, 4.69) is 24.2 Å². The highest BCUT2D eigenvalue weighted by molar-refractivity contribution is 5.79. The molecule has 5 nitrogen and oxygen atoms in total. The van der Waals surface area contributed by atoms with Gasteiger partial charge in [0.1, 0.15) is 0 Å². The van der Waals surface area contributed by atoms with E-state index in [1.807, 2.05) is 0 Å². The quantitative estimate of drug-likeness (QED) is 0.855. The molecular weight excluding hydrogens is 268 g/mol. The summed E-state index contributed by atoms with van der Waals surface area (Å²) >= 11 is 0. The minimum atomic E-state index is -0.343. The average molecular weight is 296 g/mol. The molecule has 3 fully saturated rings. The van der Waals surface area contributed by atoms with Crippen molar-refractivity contribution in [2.75, 3.05) is 33.4 Å². The highest BCUT2D eigenvalue weighted by Gasteiger charge is 2.49. The van der Waals surface area contributed by atoms with Crippen LogP contribution in [0.1, 0.15) is 39.0 Å². The molecule has 1 spiro atoms. The van der Waals surface area contributed by atoms with Gasteiger partial charge in [0.2, 0.25) is 5.91 Å². The van der Waals surface area contributed by atoms with E-state index in [-0.39, 0.29) is 17.6 Å². The molecule has 0 aromatic rings. The molecule has 3 rings (SSSR count). The second-order valence-corrected chi connectivity index (χ2v) is 6.84. The van der Waals surface area contributed by atoms with E-state index < -0.39 is 0 Å². The van der Waals surface area contributed by atoms with Gasteiger partial charge in [-0.15, -0.1) is 0 Å². The first kappa shape index (κ1) is 15.3. The van der Waals surface area contributed by atoms with Gasteiger partial charge in [-0.3, -0.25) is 4.79 Å². The van der Waals surface area contributed by atoms with Crippen LogP contribution in [-0.4, -0.2) is 56.0 Å². The number of likely N-dealkylation sites (tertiary alicyclic amines) is 1. The van der Waals surface area contributed by atoms with Crippen molar-refractivity contribution >= 4 is 5.91 Å². The van der Waals surface area contributed by atoms with Crippen molar-refractivity contribution in [3.63, 3.8) is 0 Å². The Morgan fingerprint density at radius 3 is 2.86 bits per heavy atom. The lowest BCUT2D eigenvalue weighted by Crippen LogP contribution is -2.55. The normalized spacial score (nSPS) is 35.6. The fourth-order valence-electron chi connectivity index (χ4n) is 4.33. The minimum Gasteiger partial charge on any atom is -0.356 e. The third-order valence-corrected chi connectivity index (χ3v) is 5.33. The molecule has 1 saturated carbocycles. The number of carbonyl (C=O) groups is 1. The van der Waals surface area contributed by atoms with Gasteiger partial charge in [0.25, 0.3) is 0 Å².